The highest BCUT2D eigenvalue weighted by Crippen LogP contribution is 2.54. The molecule has 0 saturated heterocycles. The molecule has 2 aliphatic rings. The number of allylic oxidation sites excluding steroid dienone is 4. The summed E-state index contributed by atoms with van der Waals surface area (Å²) in [6.45, 7) is 5.12. The Balaban J connectivity index is 1.86. The highest BCUT2D eigenvalue weighted by atomic mass is 28.3. The van der Waals surface area contributed by atoms with Gasteiger partial charge in [0.15, 0.2) is 0 Å². The third-order valence-corrected chi connectivity index (χ3v) is 10.4. The molecule has 1 atom stereocenters. The summed E-state index contributed by atoms with van der Waals surface area (Å²) in [6, 6.07) is 18.0. The molecule has 0 amide bonds. The Morgan fingerprint density at radius 2 is 1.76 bits per heavy atom. The Bertz CT molecular complexity index is 1060. The molecular weight excluding hydrogens is 318 g/mol. The van der Waals surface area contributed by atoms with Crippen molar-refractivity contribution in [3.05, 3.63) is 83.1 Å². The molecule has 1 nitrogen and oxygen atoms in total. The predicted octanol–water partition coefficient (Wildman–Crippen LogP) is 5.96. The molecular formula is C23H23NSi. The lowest BCUT2D eigenvalue weighted by molar-refractivity contribution is 0.976. The molecule has 0 spiro atoms. The monoisotopic (exact) mass is 341 g/mol. The van der Waals surface area contributed by atoms with E-state index < -0.39 is 8.07 Å². The van der Waals surface area contributed by atoms with E-state index in [2.05, 4.69) is 91.5 Å². The molecule has 2 heteroatoms. The molecule has 0 aliphatic heterocycles. The number of hydrogen-bond acceptors (Lipinski definition) is 0. The fourth-order valence-electron chi connectivity index (χ4n) is 5.02. The fourth-order valence-corrected chi connectivity index (χ4v) is 8.60. The van der Waals surface area contributed by atoms with E-state index in [0.29, 0.717) is 5.54 Å². The van der Waals surface area contributed by atoms with Crippen molar-refractivity contribution >= 4 is 19.0 Å². The van der Waals surface area contributed by atoms with Gasteiger partial charge in [-0.05, 0) is 23.6 Å². The average molecular weight is 342 g/mol. The molecule has 2 aromatic carbocycles. The first-order valence-electron chi connectivity index (χ1n) is 9.13. The molecule has 1 heterocycles. The smallest absolute Gasteiger partial charge is 0.0882 e. The lowest BCUT2D eigenvalue weighted by atomic mass is 10.1. The average Bonchev–Trinajstić information content (AvgIpc) is 3.32. The lowest BCUT2D eigenvalue weighted by Gasteiger charge is -2.33. The Kier molecular flexibility index (Phi) is 3.05. The van der Waals surface area contributed by atoms with Crippen molar-refractivity contribution in [3.8, 4) is 11.3 Å². The highest BCUT2D eigenvalue weighted by molar-refractivity contribution is 6.86. The quantitative estimate of drug-likeness (QED) is 0.507. The summed E-state index contributed by atoms with van der Waals surface area (Å²) < 4.78 is 2.41. The number of aryl methyl sites for hydroxylation is 1. The zero-order valence-corrected chi connectivity index (χ0v) is 16.1. The number of para-hydroxylation sites is 1. The van der Waals surface area contributed by atoms with E-state index in [4.69, 9.17) is 0 Å². The van der Waals surface area contributed by atoms with Gasteiger partial charge < -0.3 is 4.57 Å². The van der Waals surface area contributed by atoms with Crippen molar-refractivity contribution in [2.24, 2.45) is 7.05 Å². The van der Waals surface area contributed by atoms with Gasteiger partial charge in [0.1, 0.15) is 0 Å². The minimum absolute atomic E-state index is 0.538. The SMILES string of the molecule is Cn1c2c(c3ccccc31)C([Si](C)(C)C1=CC=CC1)c1ccccc1-2. The largest absolute Gasteiger partial charge is 0.343 e. The lowest BCUT2D eigenvalue weighted by Crippen LogP contribution is -2.37. The Labute approximate surface area is 150 Å². The zero-order valence-electron chi connectivity index (χ0n) is 15.1. The Morgan fingerprint density at radius 3 is 2.56 bits per heavy atom. The van der Waals surface area contributed by atoms with Crippen LogP contribution in [0.25, 0.3) is 22.2 Å². The van der Waals surface area contributed by atoms with Crippen molar-refractivity contribution in [1.82, 2.24) is 4.57 Å². The molecule has 1 unspecified atom stereocenters. The van der Waals surface area contributed by atoms with Crippen LogP contribution >= 0.6 is 0 Å². The van der Waals surface area contributed by atoms with E-state index in [1.54, 1.807) is 16.3 Å². The number of hydrogen-bond donors (Lipinski definition) is 0. The molecule has 0 radical (unpaired) electrons. The van der Waals surface area contributed by atoms with Crippen LogP contribution in [0.15, 0.2) is 72.0 Å². The minimum Gasteiger partial charge on any atom is -0.343 e. The van der Waals surface area contributed by atoms with Gasteiger partial charge in [0.2, 0.25) is 0 Å². The molecule has 0 bridgehead atoms. The van der Waals surface area contributed by atoms with Crippen molar-refractivity contribution in [2.45, 2.75) is 25.1 Å². The van der Waals surface area contributed by atoms with E-state index >= 15 is 0 Å². The summed E-state index contributed by atoms with van der Waals surface area (Å²) in [6.07, 6.45) is 8.08. The van der Waals surface area contributed by atoms with Gasteiger partial charge in [-0.3, -0.25) is 0 Å². The number of nitrogens with zero attached hydrogens (tertiary/aromatic N) is 1. The third kappa shape index (κ3) is 1.89. The van der Waals surface area contributed by atoms with E-state index in [1.807, 2.05) is 0 Å². The second-order valence-electron chi connectivity index (χ2n) is 7.90. The number of benzene rings is 2. The first-order valence-corrected chi connectivity index (χ1v) is 12.2. The maximum Gasteiger partial charge on any atom is 0.0882 e. The van der Waals surface area contributed by atoms with E-state index in [1.165, 1.54) is 22.2 Å². The summed E-state index contributed by atoms with van der Waals surface area (Å²) in [4.78, 5) is 0. The summed E-state index contributed by atoms with van der Waals surface area (Å²) in [7, 11) is 0.569. The maximum absolute atomic E-state index is 2.56. The molecule has 3 aromatic rings. The van der Waals surface area contributed by atoms with Crippen LogP contribution in [0.3, 0.4) is 0 Å². The normalized spacial score (nSPS) is 18.5. The standard InChI is InChI=1S/C23H23NSi/c1-24-20-15-9-8-14-19(20)21-22(24)17-12-6-7-13-18(17)23(21)25(2,3)16-10-4-5-11-16/h4-10,12-15,23H,11H2,1-3H3. The molecule has 124 valence electrons. The molecule has 2 aliphatic carbocycles. The molecule has 1 aromatic heterocycles. The summed E-state index contributed by atoms with van der Waals surface area (Å²) in [5, 5.41) is 3.11. The first-order chi connectivity index (χ1) is 12.1. The van der Waals surface area contributed by atoms with Gasteiger partial charge >= 0.3 is 0 Å². The van der Waals surface area contributed by atoms with Gasteiger partial charge in [-0.1, -0.05) is 79.0 Å². The summed E-state index contributed by atoms with van der Waals surface area (Å²) in [5.74, 6) is 0. The van der Waals surface area contributed by atoms with Crippen LogP contribution in [0.5, 0.6) is 0 Å². The predicted molar refractivity (Wildman–Crippen MR) is 110 cm³/mol. The number of aromatic nitrogens is 1. The number of rotatable bonds is 2. The van der Waals surface area contributed by atoms with Crippen molar-refractivity contribution in [3.63, 3.8) is 0 Å². The number of fused-ring (bicyclic) bond motifs is 5. The van der Waals surface area contributed by atoms with E-state index in [0.717, 1.165) is 6.42 Å². The van der Waals surface area contributed by atoms with E-state index in [-0.39, 0.29) is 0 Å². The van der Waals surface area contributed by atoms with E-state index in [9.17, 15) is 0 Å². The topological polar surface area (TPSA) is 4.93 Å². The van der Waals surface area contributed by atoms with Gasteiger partial charge in [0, 0.05) is 29.1 Å². The van der Waals surface area contributed by atoms with Crippen LogP contribution in [0.2, 0.25) is 13.1 Å². The van der Waals surface area contributed by atoms with Crippen LogP contribution < -0.4 is 0 Å². The van der Waals surface area contributed by atoms with Gasteiger partial charge in [0.05, 0.1) is 13.8 Å². The van der Waals surface area contributed by atoms with Crippen LogP contribution in [0, 0.1) is 0 Å². The van der Waals surface area contributed by atoms with Crippen LogP contribution in [0.4, 0.5) is 0 Å². The Morgan fingerprint density at radius 1 is 1.00 bits per heavy atom. The molecule has 5 rings (SSSR count). The second kappa shape index (κ2) is 5.09. The van der Waals surface area contributed by atoms with Crippen molar-refractivity contribution in [1.29, 1.82) is 0 Å². The third-order valence-electron chi connectivity index (χ3n) is 6.28. The zero-order chi connectivity index (χ0) is 17.2. The molecule has 0 fully saturated rings. The maximum atomic E-state index is 2.56. The fraction of sp³-hybridized carbons (Fsp3) is 0.217. The van der Waals surface area contributed by atoms with Gasteiger partial charge in [-0.2, -0.15) is 0 Å². The summed E-state index contributed by atoms with van der Waals surface area (Å²) >= 11 is 0. The van der Waals surface area contributed by atoms with Gasteiger partial charge in [0.25, 0.3) is 0 Å². The van der Waals surface area contributed by atoms with Gasteiger partial charge in [-0.25, -0.2) is 0 Å². The summed E-state index contributed by atoms with van der Waals surface area (Å²) in [5.41, 5.74) is 7.88. The molecule has 0 N–H and O–H groups in total. The highest BCUT2D eigenvalue weighted by Gasteiger charge is 2.45. The van der Waals surface area contributed by atoms with Crippen LogP contribution in [0.1, 0.15) is 23.1 Å². The van der Waals surface area contributed by atoms with Crippen LogP contribution in [-0.4, -0.2) is 12.6 Å². The Hall–Kier alpha value is -2.32. The minimum atomic E-state index is -1.66. The van der Waals surface area contributed by atoms with Crippen molar-refractivity contribution in [2.75, 3.05) is 0 Å². The van der Waals surface area contributed by atoms with Crippen molar-refractivity contribution < 1.29 is 0 Å². The molecule has 0 saturated carbocycles. The van der Waals surface area contributed by atoms with Gasteiger partial charge in [-0.15, -0.1) is 0 Å². The van der Waals surface area contributed by atoms with Crippen LogP contribution in [-0.2, 0) is 7.05 Å². The molecule has 25 heavy (non-hydrogen) atoms. The first kappa shape index (κ1) is 15.0. The second-order valence-corrected chi connectivity index (χ2v) is 12.6.